The molecule has 3 heteroatoms. The highest BCUT2D eigenvalue weighted by atomic mass is 16.3. The summed E-state index contributed by atoms with van der Waals surface area (Å²) < 4.78 is 0. The van der Waals surface area contributed by atoms with E-state index in [9.17, 15) is 4.79 Å². The quantitative estimate of drug-likeness (QED) is 0.717. The molecule has 0 atom stereocenters. The highest BCUT2D eigenvalue weighted by molar-refractivity contribution is 5.94. The van der Waals surface area contributed by atoms with Crippen LogP contribution in [0, 0.1) is 0 Å². The maximum atomic E-state index is 11.3. The van der Waals surface area contributed by atoms with Gasteiger partial charge in [-0.05, 0) is 19.1 Å². The van der Waals surface area contributed by atoms with E-state index >= 15 is 0 Å². The van der Waals surface area contributed by atoms with Crippen LogP contribution in [0.4, 0.5) is 0 Å². The van der Waals surface area contributed by atoms with Crippen LogP contribution in [0.15, 0.2) is 30.8 Å². The van der Waals surface area contributed by atoms with E-state index < -0.39 is 0 Å². The average molecular weight is 191 g/mol. The van der Waals surface area contributed by atoms with Gasteiger partial charge in [0.2, 0.25) is 0 Å². The summed E-state index contributed by atoms with van der Waals surface area (Å²) in [7, 11) is 0. The number of carbonyl (C=O) groups is 1. The van der Waals surface area contributed by atoms with Crippen molar-refractivity contribution in [1.82, 2.24) is 5.32 Å². The summed E-state index contributed by atoms with van der Waals surface area (Å²) >= 11 is 0. The minimum atomic E-state index is -0.109. The Balaban J connectivity index is 2.83. The molecule has 0 spiro atoms. The molecule has 0 radical (unpaired) electrons. The van der Waals surface area contributed by atoms with Crippen LogP contribution in [-0.2, 0) is 0 Å². The fourth-order valence-electron chi connectivity index (χ4n) is 1.08. The minimum Gasteiger partial charge on any atom is -0.508 e. The first-order valence-electron chi connectivity index (χ1n) is 4.41. The third-order valence-corrected chi connectivity index (χ3v) is 1.82. The normalized spacial score (nSPS) is 9.50. The summed E-state index contributed by atoms with van der Waals surface area (Å²) in [5, 5.41) is 11.7. The smallest absolute Gasteiger partial charge is 0.251 e. The van der Waals surface area contributed by atoms with Gasteiger partial charge in [0.1, 0.15) is 5.76 Å². The highest BCUT2D eigenvalue weighted by Gasteiger charge is 2.03. The van der Waals surface area contributed by atoms with Gasteiger partial charge in [0.05, 0.1) is 0 Å². The molecular weight excluding hydrogens is 178 g/mol. The molecule has 74 valence electrons. The summed E-state index contributed by atoms with van der Waals surface area (Å²) in [6, 6.07) is 6.63. The number of hydrogen-bond donors (Lipinski definition) is 2. The highest BCUT2D eigenvalue weighted by Crippen LogP contribution is 2.10. The van der Waals surface area contributed by atoms with E-state index in [0.717, 1.165) is 0 Å². The van der Waals surface area contributed by atoms with Crippen LogP contribution in [0.2, 0.25) is 0 Å². The second kappa shape index (κ2) is 4.46. The molecule has 14 heavy (non-hydrogen) atoms. The lowest BCUT2D eigenvalue weighted by Crippen LogP contribution is -2.22. The molecule has 0 aliphatic heterocycles. The average Bonchev–Trinajstić information content (AvgIpc) is 2.18. The number of benzene rings is 1. The Morgan fingerprint density at radius 1 is 1.36 bits per heavy atom. The summed E-state index contributed by atoms with van der Waals surface area (Å²) in [5.41, 5.74) is 1.20. The topological polar surface area (TPSA) is 49.3 Å². The Bertz CT molecular complexity index is 341. The van der Waals surface area contributed by atoms with E-state index in [4.69, 9.17) is 5.11 Å². The van der Waals surface area contributed by atoms with Crippen molar-refractivity contribution >= 4 is 11.7 Å². The van der Waals surface area contributed by atoms with Crippen molar-refractivity contribution in [2.24, 2.45) is 0 Å². The molecular formula is C11H13NO2. The first-order chi connectivity index (χ1) is 6.65. The number of hydrogen-bond acceptors (Lipinski definition) is 2. The van der Waals surface area contributed by atoms with Gasteiger partial charge in [0.25, 0.3) is 5.91 Å². The van der Waals surface area contributed by atoms with Gasteiger partial charge in [-0.2, -0.15) is 0 Å². The molecule has 0 fully saturated rings. The standard InChI is InChI=1S/C11H13NO2/c1-3-12-11(14)10-6-4-9(5-7-10)8(2)13/h4-7,13H,2-3H2,1H3,(H,12,14). The Labute approximate surface area is 83.1 Å². The zero-order chi connectivity index (χ0) is 10.6. The van der Waals surface area contributed by atoms with Gasteiger partial charge in [0.15, 0.2) is 0 Å². The lowest BCUT2D eigenvalue weighted by atomic mass is 10.1. The van der Waals surface area contributed by atoms with E-state index in [0.29, 0.717) is 17.7 Å². The van der Waals surface area contributed by atoms with Crippen LogP contribution < -0.4 is 5.32 Å². The van der Waals surface area contributed by atoms with Gasteiger partial charge in [-0.25, -0.2) is 0 Å². The van der Waals surface area contributed by atoms with Crippen LogP contribution >= 0.6 is 0 Å². The number of carbonyl (C=O) groups excluding carboxylic acids is 1. The molecule has 0 heterocycles. The lowest BCUT2D eigenvalue weighted by molar-refractivity contribution is 0.0956. The number of amides is 1. The molecule has 1 aromatic rings. The van der Waals surface area contributed by atoms with Crippen molar-refractivity contribution in [3.63, 3.8) is 0 Å². The van der Waals surface area contributed by atoms with Crippen molar-refractivity contribution in [3.8, 4) is 0 Å². The van der Waals surface area contributed by atoms with E-state index in [1.165, 1.54) is 0 Å². The van der Waals surface area contributed by atoms with Gasteiger partial charge in [-0.1, -0.05) is 18.7 Å². The maximum Gasteiger partial charge on any atom is 0.251 e. The summed E-state index contributed by atoms with van der Waals surface area (Å²) in [6.45, 7) is 5.86. The third-order valence-electron chi connectivity index (χ3n) is 1.82. The molecule has 0 saturated heterocycles. The number of rotatable bonds is 3. The number of aliphatic hydroxyl groups excluding tert-OH is 1. The Hall–Kier alpha value is -1.77. The third kappa shape index (κ3) is 2.36. The van der Waals surface area contributed by atoms with Gasteiger partial charge in [0, 0.05) is 17.7 Å². The summed E-state index contributed by atoms with van der Waals surface area (Å²) in [5.74, 6) is -0.102. The Kier molecular flexibility index (Phi) is 3.29. The largest absolute Gasteiger partial charge is 0.508 e. The summed E-state index contributed by atoms with van der Waals surface area (Å²) in [4.78, 5) is 11.3. The molecule has 0 saturated carbocycles. The van der Waals surface area contributed by atoms with Gasteiger partial charge in [-0.15, -0.1) is 0 Å². The fraction of sp³-hybridized carbons (Fsp3) is 0.182. The van der Waals surface area contributed by atoms with E-state index in [2.05, 4.69) is 11.9 Å². The molecule has 0 bridgehead atoms. The van der Waals surface area contributed by atoms with Crippen molar-refractivity contribution in [2.45, 2.75) is 6.92 Å². The lowest BCUT2D eigenvalue weighted by Gasteiger charge is -2.03. The number of aliphatic hydroxyl groups is 1. The van der Waals surface area contributed by atoms with Crippen molar-refractivity contribution in [3.05, 3.63) is 42.0 Å². The van der Waals surface area contributed by atoms with Crippen LogP contribution in [0.3, 0.4) is 0 Å². The minimum absolute atomic E-state index is 0.00690. The first kappa shape index (κ1) is 10.3. The predicted octanol–water partition coefficient (Wildman–Crippen LogP) is 1.97. The molecule has 3 nitrogen and oxygen atoms in total. The molecule has 0 aromatic heterocycles. The van der Waals surface area contributed by atoms with Crippen molar-refractivity contribution in [1.29, 1.82) is 0 Å². The predicted molar refractivity (Wildman–Crippen MR) is 56.1 cm³/mol. The zero-order valence-corrected chi connectivity index (χ0v) is 8.08. The van der Waals surface area contributed by atoms with Crippen molar-refractivity contribution < 1.29 is 9.90 Å². The first-order valence-corrected chi connectivity index (χ1v) is 4.41. The maximum absolute atomic E-state index is 11.3. The van der Waals surface area contributed by atoms with Crippen LogP contribution in [0.1, 0.15) is 22.8 Å². The molecule has 0 aliphatic carbocycles. The van der Waals surface area contributed by atoms with Gasteiger partial charge < -0.3 is 10.4 Å². The molecule has 0 unspecified atom stereocenters. The molecule has 1 rings (SSSR count). The summed E-state index contributed by atoms with van der Waals surface area (Å²) in [6.07, 6.45) is 0. The van der Waals surface area contributed by atoms with E-state index in [-0.39, 0.29) is 11.7 Å². The Morgan fingerprint density at radius 2 is 1.86 bits per heavy atom. The van der Waals surface area contributed by atoms with Crippen LogP contribution in [0.25, 0.3) is 5.76 Å². The zero-order valence-electron chi connectivity index (χ0n) is 8.08. The second-order valence-corrected chi connectivity index (χ2v) is 2.88. The van der Waals surface area contributed by atoms with Gasteiger partial charge >= 0.3 is 0 Å². The SMILES string of the molecule is C=C(O)c1ccc(C(=O)NCC)cc1. The fourth-order valence-corrected chi connectivity index (χ4v) is 1.08. The monoisotopic (exact) mass is 191 g/mol. The van der Waals surface area contributed by atoms with Gasteiger partial charge in [-0.3, -0.25) is 4.79 Å². The van der Waals surface area contributed by atoms with Crippen molar-refractivity contribution in [2.75, 3.05) is 6.54 Å². The van der Waals surface area contributed by atoms with Crippen LogP contribution in [0.5, 0.6) is 0 Å². The molecule has 1 aromatic carbocycles. The number of nitrogens with one attached hydrogen (secondary N) is 1. The molecule has 1 amide bonds. The second-order valence-electron chi connectivity index (χ2n) is 2.88. The molecule has 2 N–H and O–H groups in total. The van der Waals surface area contributed by atoms with E-state index in [1.54, 1.807) is 24.3 Å². The Morgan fingerprint density at radius 3 is 2.29 bits per heavy atom. The molecule has 0 aliphatic rings. The van der Waals surface area contributed by atoms with Crippen LogP contribution in [-0.4, -0.2) is 17.6 Å². The van der Waals surface area contributed by atoms with E-state index in [1.807, 2.05) is 6.92 Å².